The molecule has 0 spiro atoms. The number of nitrogens with zero attached hydrogens (tertiary/aromatic N) is 2. The first kappa shape index (κ1) is 19.3. The van der Waals surface area contributed by atoms with Crippen LogP contribution < -0.4 is 11.1 Å². The minimum absolute atomic E-state index is 0.0292. The molecule has 1 heterocycles. The Kier molecular flexibility index (Phi) is 5.74. The van der Waals surface area contributed by atoms with Gasteiger partial charge in [-0.1, -0.05) is 18.2 Å². The molecule has 0 aliphatic carbocycles. The number of thiocarbonyl (C=S) groups is 1. The zero-order valence-electron chi connectivity index (χ0n) is 15.4. The van der Waals surface area contributed by atoms with Crippen LogP contribution >= 0.6 is 12.2 Å². The molecule has 0 amide bonds. The fraction of sp³-hybridized carbons (Fsp3) is 0.300. The zero-order valence-corrected chi connectivity index (χ0v) is 16.3. The van der Waals surface area contributed by atoms with Gasteiger partial charge in [-0.3, -0.25) is 0 Å². The third kappa shape index (κ3) is 3.80. The minimum atomic E-state index is -0.146. The molecule has 5 N–H and O–H groups in total. The summed E-state index contributed by atoms with van der Waals surface area (Å²) in [4.78, 5) is 0. The molecule has 0 fully saturated rings. The smallest absolute Gasteiger partial charge is 0.189 e. The first-order chi connectivity index (χ1) is 13.0. The van der Waals surface area contributed by atoms with Gasteiger partial charge in [0.05, 0.1) is 25.0 Å². The van der Waals surface area contributed by atoms with Crippen molar-refractivity contribution < 1.29 is 10.2 Å². The summed E-state index contributed by atoms with van der Waals surface area (Å²) in [6, 6.07) is 11.4. The second kappa shape index (κ2) is 8.04. The molecule has 1 unspecified atom stereocenters. The molecule has 2 aromatic rings. The van der Waals surface area contributed by atoms with Gasteiger partial charge in [0.1, 0.15) is 0 Å². The maximum Gasteiger partial charge on any atom is 0.189 e. The van der Waals surface area contributed by atoms with Crippen molar-refractivity contribution in [2.45, 2.75) is 32.6 Å². The number of hydrazone groups is 1. The Labute approximate surface area is 164 Å². The van der Waals surface area contributed by atoms with E-state index in [4.69, 9.17) is 23.1 Å². The van der Waals surface area contributed by atoms with Crippen LogP contribution in [-0.4, -0.2) is 39.1 Å². The fourth-order valence-corrected chi connectivity index (χ4v) is 3.52. The van der Waals surface area contributed by atoms with E-state index in [9.17, 15) is 10.2 Å². The van der Waals surface area contributed by atoms with Crippen LogP contribution in [0.25, 0.3) is 0 Å². The van der Waals surface area contributed by atoms with Crippen molar-refractivity contribution in [1.82, 2.24) is 10.3 Å². The van der Waals surface area contributed by atoms with Gasteiger partial charge < -0.3 is 21.3 Å². The first-order valence-corrected chi connectivity index (χ1v) is 9.21. The zero-order chi connectivity index (χ0) is 19.6. The molecular weight excluding hydrogens is 360 g/mol. The van der Waals surface area contributed by atoms with Crippen LogP contribution in [0.3, 0.4) is 0 Å². The summed E-state index contributed by atoms with van der Waals surface area (Å²) in [5.74, 6) is 0. The summed E-state index contributed by atoms with van der Waals surface area (Å²) in [5.41, 5.74) is 11.6. The number of aliphatic hydroxyl groups excluding tert-OH is 2. The number of hydrogen-bond donors (Lipinski definition) is 4. The van der Waals surface area contributed by atoms with Crippen LogP contribution in [0.5, 0.6) is 0 Å². The standard InChI is InChI=1S/C20H24N4O2S/c1-12-7-14-8-15(10-25)16(11-26)9-18(14)19(23-24(12)20(27)22-2)13-3-5-17(21)6-4-13/h3-6,8-9,12,25-26H,7,10-11,21H2,1-2H3,(H,22,27). The lowest BCUT2D eigenvalue weighted by Gasteiger charge is -2.25. The van der Waals surface area contributed by atoms with Gasteiger partial charge in [-0.15, -0.1) is 0 Å². The third-order valence-corrected chi connectivity index (χ3v) is 5.16. The van der Waals surface area contributed by atoms with Crippen molar-refractivity contribution in [3.05, 3.63) is 64.2 Å². The van der Waals surface area contributed by atoms with Crippen LogP contribution in [0.4, 0.5) is 5.69 Å². The molecule has 3 rings (SSSR count). The van der Waals surface area contributed by atoms with Crippen LogP contribution in [0, 0.1) is 0 Å². The summed E-state index contributed by atoms with van der Waals surface area (Å²) in [6.45, 7) is 1.79. The molecule has 0 saturated carbocycles. The summed E-state index contributed by atoms with van der Waals surface area (Å²) in [5, 5.41) is 29.6. The summed E-state index contributed by atoms with van der Waals surface area (Å²) in [7, 11) is 1.78. The highest BCUT2D eigenvalue weighted by atomic mass is 32.1. The second-order valence-electron chi connectivity index (χ2n) is 6.62. The SMILES string of the molecule is CNC(=S)N1N=C(c2ccc(N)cc2)c2cc(CO)c(CO)cc2CC1C. The van der Waals surface area contributed by atoms with Gasteiger partial charge in [0.2, 0.25) is 0 Å². The summed E-state index contributed by atoms with van der Waals surface area (Å²) in [6.07, 6.45) is 0.706. The molecule has 27 heavy (non-hydrogen) atoms. The molecule has 0 saturated heterocycles. The average Bonchev–Trinajstić information content (AvgIpc) is 2.82. The lowest BCUT2D eigenvalue weighted by molar-refractivity contribution is 0.260. The van der Waals surface area contributed by atoms with Gasteiger partial charge in [-0.2, -0.15) is 5.10 Å². The normalized spacial score (nSPS) is 16.4. The number of benzene rings is 2. The molecular formula is C20H24N4O2S. The average molecular weight is 385 g/mol. The molecule has 2 aromatic carbocycles. The molecule has 142 valence electrons. The van der Waals surface area contributed by atoms with Gasteiger partial charge in [-0.05, 0) is 60.5 Å². The first-order valence-electron chi connectivity index (χ1n) is 8.80. The number of aliphatic hydroxyl groups is 2. The Bertz CT molecular complexity index is 880. The molecule has 6 nitrogen and oxygen atoms in total. The minimum Gasteiger partial charge on any atom is -0.399 e. The van der Waals surface area contributed by atoms with Gasteiger partial charge in [0.15, 0.2) is 5.11 Å². The monoisotopic (exact) mass is 384 g/mol. The van der Waals surface area contributed by atoms with Crippen molar-refractivity contribution in [3.63, 3.8) is 0 Å². The maximum absolute atomic E-state index is 9.74. The summed E-state index contributed by atoms with van der Waals surface area (Å²) >= 11 is 5.45. The number of nitrogen functional groups attached to an aromatic ring is 1. The van der Waals surface area contributed by atoms with Crippen LogP contribution in [0.2, 0.25) is 0 Å². The van der Waals surface area contributed by atoms with E-state index < -0.39 is 0 Å². The van der Waals surface area contributed by atoms with E-state index in [2.05, 4.69) is 12.2 Å². The van der Waals surface area contributed by atoms with E-state index in [1.165, 1.54) is 0 Å². The molecule has 1 aliphatic rings. The number of fused-ring (bicyclic) bond motifs is 1. The highest BCUT2D eigenvalue weighted by molar-refractivity contribution is 7.80. The quantitative estimate of drug-likeness (QED) is 0.476. The van der Waals surface area contributed by atoms with E-state index in [1.54, 1.807) is 12.1 Å². The Balaban J connectivity index is 2.24. The number of hydrogen-bond acceptors (Lipinski definition) is 5. The van der Waals surface area contributed by atoms with E-state index >= 15 is 0 Å². The van der Waals surface area contributed by atoms with Crippen LogP contribution in [-0.2, 0) is 19.6 Å². The lowest BCUT2D eigenvalue weighted by atomic mass is 9.90. The van der Waals surface area contributed by atoms with Crippen molar-refractivity contribution in [1.29, 1.82) is 0 Å². The van der Waals surface area contributed by atoms with Gasteiger partial charge in [-0.25, -0.2) is 5.01 Å². The molecule has 7 heteroatoms. The number of nitrogens with one attached hydrogen (secondary N) is 1. The van der Waals surface area contributed by atoms with Crippen molar-refractivity contribution in [2.24, 2.45) is 5.10 Å². The highest BCUT2D eigenvalue weighted by Gasteiger charge is 2.26. The van der Waals surface area contributed by atoms with E-state index in [0.29, 0.717) is 22.8 Å². The lowest BCUT2D eigenvalue weighted by Crippen LogP contribution is -2.40. The van der Waals surface area contributed by atoms with Gasteiger partial charge in [0, 0.05) is 23.9 Å². The predicted molar refractivity (Wildman–Crippen MR) is 111 cm³/mol. The summed E-state index contributed by atoms with van der Waals surface area (Å²) < 4.78 is 0. The number of anilines is 1. The van der Waals surface area contributed by atoms with E-state index in [1.807, 2.05) is 36.4 Å². The van der Waals surface area contributed by atoms with Gasteiger partial charge >= 0.3 is 0 Å². The topological polar surface area (TPSA) is 94.1 Å². The number of rotatable bonds is 3. The Hall–Kier alpha value is -2.48. The van der Waals surface area contributed by atoms with Crippen LogP contribution in [0.1, 0.15) is 34.7 Å². The van der Waals surface area contributed by atoms with Crippen molar-refractivity contribution in [2.75, 3.05) is 12.8 Å². The maximum atomic E-state index is 9.74. The molecule has 1 aliphatic heterocycles. The van der Waals surface area contributed by atoms with Gasteiger partial charge in [0.25, 0.3) is 0 Å². The fourth-order valence-electron chi connectivity index (χ4n) is 3.30. The van der Waals surface area contributed by atoms with E-state index in [0.717, 1.165) is 28.0 Å². The van der Waals surface area contributed by atoms with E-state index in [-0.39, 0.29) is 19.3 Å². The number of nitrogens with two attached hydrogens (primary N) is 1. The molecule has 0 bridgehead atoms. The Morgan fingerprint density at radius 2 is 1.85 bits per heavy atom. The molecule has 0 radical (unpaired) electrons. The molecule has 0 aromatic heterocycles. The van der Waals surface area contributed by atoms with Crippen molar-refractivity contribution >= 4 is 28.7 Å². The highest BCUT2D eigenvalue weighted by Crippen LogP contribution is 2.27. The van der Waals surface area contributed by atoms with Crippen LogP contribution in [0.15, 0.2) is 41.5 Å². The predicted octanol–water partition coefficient (Wildman–Crippen LogP) is 1.76. The Morgan fingerprint density at radius 1 is 1.22 bits per heavy atom. The largest absolute Gasteiger partial charge is 0.399 e. The third-order valence-electron chi connectivity index (χ3n) is 4.77. The van der Waals surface area contributed by atoms with Crippen molar-refractivity contribution in [3.8, 4) is 0 Å². The second-order valence-corrected chi connectivity index (χ2v) is 7.00. The Morgan fingerprint density at radius 3 is 2.44 bits per heavy atom. The molecule has 1 atom stereocenters.